The van der Waals surface area contributed by atoms with Crippen LogP contribution in [0.3, 0.4) is 0 Å². The van der Waals surface area contributed by atoms with Gasteiger partial charge in [0.2, 0.25) is 11.8 Å². The Labute approximate surface area is 124 Å². The minimum absolute atomic E-state index is 0.193. The standard InChI is InChI=1S/C16H20N2O3/c19-16(20)12-5-4-10-14-17-18-15(21-14)11-6-9-13-7-2-1-3-8-13/h1-3,7-8H,4-6,9-12H2,(H,19,20). The molecule has 2 aromatic rings. The topological polar surface area (TPSA) is 76.2 Å². The van der Waals surface area contributed by atoms with Gasteiger partial charge < -0.3 is 9.52 Å². The van der Waals surface area contributed by atoms with E-state index in [1.807, 2.05) is 18.2 Å². The summed E-state index contributed by atoms with van der Waals surface area (Å²) in [6.07, 6.45) is 4.99. The van der Waals surface area contributed by atoms with Crippen LogP contribution < -0.4 is 0 Å². The van der Waals surface area contributed by atoms with Crippen molar-refractivity contribution in [3.63, 3.8) is 0 Å². The molecule has 0 aliphatic heterocycles. The summed E-state index contributed by atoms with van der Waals surface area (Å²) in [7, 11) is 0. The summed E-state index contributed by atoms with van der Waals surface area (Å²) in [5.74, 6) is 0.511. The molecule has 5 nitrogen and oxygen atoms in total. The summed E-state index contributed by atoms with van der Waals surface area (Å²) in [6, 6.07) is 10.3. The Hall–Kier alpha value is -2.17. The molecule has 1 heterocycles. The number of aromatic nitrogens is 2. The van der Waals surface area contributed by atoms with E-state index >= 15 is 0 Å². The first-order chi connectivity index (χ1) is 10.2. The maximum absolute atomic E-state index is 10.4. The van der Waals surface area contributed by atoms with Crippen LogP contribution in [0.15, 0.2) is 34.7 Å². The molecule has 5 heteroatoms. The molecule has 0 amide bonds. The highest BCUT2D eigenvalue weighted by atomic mass is 16.4. The van der Waals surface area contributed by atoms with E-state index in [9.17, 15) is 4.79 Å². The normalized spacial score (nSPS) is 10.7. The third-order valence-electron chi connectivity index (χ3n) is 3.24. The van der Waals surface area contributed by atoms with Crippen molar-refractivity contribution in [2.75, 3.05) is 0 Å². The molecule has 0 spiro atoms. The molecule has 0 aliphatic rings. The van der Waals surface area contributed by atoms with Crippen LogP contribution in [0.2, 0.25) is 0 Å². The quantitative estimate of drug-likeness (QED) is 0.718. The number of hydrogen-bond acceptors (Lipinski definition) is 4. The molecule has 0 radical (unpaired) electrons. The van der Waals surface area contributed by atoms with Crippen LogP contribution in [0.25, 0.3) is 0 Å². The summed E-state index contributed by atoms with van der Waals surface area (Å²) in [6.45, 7) is 0. The molecule has 112 valence electrons. The lowest BCUT2D eigenvalue weighted by Gasteiger charge is -1.98. The largest absolute Gasteiger partial charge is 0.481 e. The number of hydrogen-bond donors (Lipinski definition) is 1. The predicted molar refractivity (Wildman–Crippen MR) is 78.0 cm³/mol. The summed E-state index contributed by atoms with van der Waals surface area (Å²) < 4.78 is 5.56. The van der Waals surface area contributed by atoms with Gasteiger partial charge in [0, 0.05) is 19.3 Å². The molecule has 2 rings (SSSR count). The Balaban J connectivity index is 1.67. The van der Waals surface area contributed by atoms with Gasteiger partial charge in [0.05, 0.1) is 0 Å². The van der Waals surface area contributed by atoms with Crippen molar-refractivity contribution in [3.8, 4) is 0 Å². The smallest absolute Gasteiger partial charge is 0.303 e. The molecule has 0 saturated heterocycles. The number of carboxylic acids is 1. The zero-order valence-electron chi connectivity index (χ0n) is 12.0. The lowest BCUT2D eigenvalue weighted by molar-refractivity contribution is -0.137. The number of benzene rings is 1. The maximum atomic E-state index is 10.4. The van der Waals surface area contributed by atoms with Crippen molar-refractivity contribution in [3.05, 3.63) is 47.7 Å². The zero-order chi connectivity index (χ0) is 14.9. The van der Waals surface area contributed by atoms with Crippen molar-refractivity contribution < 1.29 is 14.3 Å². The van der Waals surface area contributed by atoms with Gasteiger partial charge in [-0.15, -0.1) is 10.2 Å². The van der Waals surface area contributed by atoms with Crippen molar-refractivity contribution >= 4 is 5.97 Å². The van der Waals surface area contributed by atoms with E-state index in [1.54, 1.807) is 0 Å². The Kier molecular flexibility index (Phi) is 5.94. The zero-order valence-corrected chi connectivity index (χ0v) is 12.0. The molecular formula is C16H20N2O3. The molecule has 1 aromatic heterocycles. The van der Waals surface area contributed by atoms with Crippen LogP contribution in [-0.2, 0) is 24.1 Å². The SMILES string of the molecule is O=C(O)CCCCc1nnc(CCCc2ccccc2)o1. The van der Waals surface area contributed by atoms with E-state index in [0.717, 1.165) is 25.7 Å². The van der Waals surface area contributed by atoms with E-state index in [-0.39, 0.29) is 6.42 Å². The van der Waals surface area contributed by atoms with E-state index in [4.69, 9.17) is 9.52 Å². The van der Waals surface area contributed by atoms with E-state index < -0.39 is 5.97 Å². The van der Waals surface area contributed by atoms with Crippen LogP contribution in [-0.4, -0.2) is 21.3 Å². The number of aliphatic carboxylic acids is 1. The molecule has 0 atom stereocenters. The molecule has 0 unspecified atom stereocenters. The predicted octanol–water partition coefficient (Wildman–Crippen LogP) is 3.04. The van der Waals surface area contributed by atoms with Crippen LogP contribution in [0.5, 0.6) is 0 Å². The second-order valence-corrected chi connectivity index (χ2v) is 5.03. The Morgan fingerprint density at radius 1 is 0.952 bits per heavy atom. The van der Waals surface area contributed by atoms with E-state index in [1.165, 1.54) is 5.56 Å². The van der Waals surface area contributed by atoms with Gasteiger partial charge in [-0.05, 0) is 31.2 Å². The molecule has 1 aromatic carbocycles. The number of nitrogens with zero attached hydrogens (tertiary/aromatic N) is 2. The van der Waals surface area contributed by atoms with Crippen LogP contribution >= 0.6 is 0 Å². The van der Waals surface area contributed by atoms with Crippen molar-refractivity contribution in [2.24, 2.45) is 0 Å². The number of carboxylic acid groups (broad SMARTS) is 1. The summed E-state index contributed by atoms with van der Waals surface area (Å²) >= 11 is 0. The molecule has 21 heavy (non-hydrogen) atoms. The van der Waals surface area contributed by atoms with Gasteiger partial charge in [-0.2, -0.15) is 0 Å². The van der Waals surface area contributed by atoms with Gasteiger partial charge in [-0.3, -0.25) is 4.79 Å². The van der Waals surface area contributed by atoms with Crippen LogP contribution in [0.4, 0.5) is 0 Å². The summed E-state index contributed by atoms with van der Waals surface area (Å²) in [5, 5.41) is 16.6. The fourth-order valence-corrected chi connectivity index (χ4v) is 2.13. The van der Waals surface area contributed by atoms with Crippen molar-refractivity contribution in [1.82, 2.24) is 10.2 Å². The highest BCUT2D eigenvalue weighted by Crippen LogP contribution is 2.10. The third-order valence-corrected chi connectivity index (χ3v) is 3.24. The second kappa shape index (κ2) is 8.19. The van der Waals surface area contributed by atoms with E-state index in [0.29, 0.717) is 24.6 Å². The van der Waals surface area contributed by atoms with Gasteiger partial charge in [0.15, 0.2) is 0 Å². The Morgan fingerprint density at radius 3 is 2.29 bits per heavy atom. The lowest BCUT2D eigenvalue weighted by Crippen LogP contribution is -1.95. The van der Waals surface area contributed by atoms with Crippen LogP contribution in [0.1, 0.15) is 43.0 Å². The number of rotatable bonds is 9. The van der Waals surface area contributed by atoms with Gasteiger partial charge >= 0.3 is 5.97 Å². The van der Waals surface area contributed by atoms with E-state index in [2.05, 4.69) is 22.3 Å². The van der Waals surface area contributed by atoms with Crippen LogP contribution in [0, 0.1) is 0 Å². The molecular weight excluding hydrogens is 268 g/mol. The summed E-state index contributed by atoms with van der Waals surface area (Å²) in [5.41, 5.74) is 1.31. The van der Waals surface area contributed by atoms with Gasteiger partial charge in [-0.1, -0.05) is 30.3 Å². The average Bonchev–Trinajstić information content (AvgIpc) is 2.92. The van der Waals surface area contributed by atoms with Gasteiger partial charge in [-0.25, -0.2) is 0 Å². The maximum Gasteiger partial charge on any atom is 0.303 e. The molecule has 0 fully saturated rings. The number of carbonyl (C=O) groups is 1. The monoisotopic (exact) mass is 288 g/mol. The number of aryl methyl sites for hydroxylation is 3. The first-order valence-electron chi connectivity index (χ1n) is 7.31. The molecule has 1 N–H and O–H groups in total. The first-order valence-corrected chi connectivity index (χ1v) is 7.31. The molecule has 0 saturated carbocycles. The minimum Gasteiger partial charge on any atom is -0.481 e. The van der Waals surface area contributed by atoms with Crippen molar-refractivity contribution in [1.29, 1.82) is 0 Å². The number of unbranched alkanes of at least 4 members (excludes halogenated alkanes) is 1. The highest BCUT2D eigenvalue weighted by Gasteiger charge is 2.06. The minimum atomic E-state index is -0.762. The lowest BCUT2D eigenvalue weighted by atomic mass is 10.1. The Bertz CT molecular complexity index is 552. The third kappa shape index (κ3) is 5.77. The first kappa shape index (κ1) is 15.2. The Morgan fingerprint density at radius 2 is 1.62 bits per heavy atom. The molecule has 0 bridgehead atoms. The van der Waals surface area contributed by atoms with Crippen molar-refractivity contribution in [2.45, 2.75) is 44.9 Å². The average molecular weight is 288 g/mol. The van der Waals surface area contributed by atoms with Gasteiger partial charge in [0.25, 0.3) is 0 Å². The highest BCUT2D eigenvalue weighted by molar-refractivity contribution is 5.66. The fourth-order valence-electron chi connectivity index (χ4n) is 2.13. The fraction of sp³-hybridized carbons (Fsp3) is 0.438. The molecule has 0 aliphatic carbocycles. The van der Waals surface area contributed by atoms with Gasteiger partial charge in [0.1, 0.15) is 0 Å². The second-order valence-electron chi connectivity index (χ2n) is 5.03. The summed E-state index contributed by atoms with van der Waals surface area (Å²) in [4.78, 5) is 10.4.